The van der Waals surface area contributed by atoms with E-state index in [0.29, 0.717) is 0 Å². The summed E-state index contributed by atoms with van der Waals surface area (Å²) >= 11 is 16.4. The first kappa shape index (κ1) is 14.6. The van der Waals surface area contributed by atoms with E-state index in [2.05, 4.69) is 13.2 Å². The number of halogens is 3. The summed E-state index contributed by atoms with van der Waals surface area (Å²) < 4.78 is 3.28. The third kappa shape index (κ3) is 5.26. The van der Waals surface area contributed by atoms with Crippen LogP contribution in [0.25, 0.3) is 0 Å². The van der Waals surface area contributed by atoms with E-state index >= 15 is 0 Å². The topological polar surface area (TPSA) is 33.1 Å². The number of ether oxygens (including phenoxy) is 1. The molecule has 1 unspecified atom stereocenters. The van der Waals surface area contributed by atoms with Gasteiger partial charge in [-0.05, 0) is 12.5 Å². The number of hydrogen-bond donors (Lipinski definition) is 1. The minimum absolute atomic E-state index is 0.413. The fourth-order valence-electron chi connectivity index (χ4n) is 0.817. The maximum Gasteiger partial charge on any atom is 0.265 e. The van der Waals surface area contributed by atoms with E-state index in [1.165, 1.54) is 0 Å². The van der Waals surface area contributed by atoms with Gasteiger partial charge in [0, 0.05) is 0 Å². The first-order chi connectivity index (χ1) is 6.82. The molecule has 0 fully saturated rings. The minimum atomic E-state index is -1.84. The Balaban J connectivity index is 4.55. The third-order valence-corrected chi connectivity index (χ3v) is 2.08. The van der Waals surface area contributed by atoms with E-state index in [0.717, 1.165) is 5.57 Å². The van der Waals surface area contributed by atoms with E-state index in [4.69, 9.17) is 44.9 Å². The molecular weight excluding hydrogens is 256 g/mol. The molecule has 0 aliphatic carbocycles. The second-order valence-corrected chi connectivity index (χ2v) is 4.97. The minimum Gasteiger partial charge on any atom is -0.470 e. The highest BCUT2D eigenvalue weighted by atomic mass is 35.6. The Bertz CT molecular complexity index is 292. The molecule has 0 aromatic carbocycles. The van der Waals surface area contributed by atoms with Gasteiger partial charge in [-0.3, -0.25) is 5.41 Å². The molecule has 84 valence electrons. The van der Waals surface area contributed by atoms with Crippen molar-refractivity contribution in [2.45, 2.75) is 16.8 Å². The van der Waals surface area contributed by atoms with Crippen LogP contribution in [0.3, 0.4) is 0 Å². The number of nitrogens with one attached hydrogen (secondary N) is 1. The molecule has 1 N–H and O–H groups in total. The Hall–Kier alpha value is -0.440. The molecule has 0 rings (SSSR count). The van der Waals surface area contributed by atoms with Crippen molar-refractivity contribution < 1.29 is 4.74 Å². The highest BCUT2D eigenvalue weighted by molar-refractivity contribution is 6.76. The molecule has 0 aliphatic heterocycles. The molecule has 0 aromatic rings. The van der Waals surface area contributed by atoms with Gasteiger partial charge in [-0.15, -0.1) is 0 Å². The molecule has 15 heavy (non-hydrogen) atoms. The van der Waals surface area contributed by atoms with Crippen LogP contribution in [0.1, 0.15) is 6.92 Å². The van der Waals surface area contributed by atoms with Gasteiger partial charge in [0.2, 0.25) is 5.90 Å². The van der Waals surface area contributed by atoms with Crippen molar-refractivity contribution in [1.82, 2.24) is 0 Å². The Labute approximate surface area is 105 Å². The van der Waals surface area contributed by atoms with Crippen LogP contribution in [0, 0.1) is 5.41 Å². The molecule has 0 radical (unpaired) electrons. The molecular formula is C10H12Cl3NO. The predicted molar refractivity (Wildman–Crippen MR) is 67.0 cm³/mol. The van der Waals surface area contributed by atoms with Gasteiger partial charge in [0.05, 0.1) is 0 Å². The molecule has 0 spiro atoms. The van der Waals surface area contributed by atoms with Gasteiger partial charge in [-0.1, -0.05) is 66.2 Å². The van der Waals surface area contributed by atoms with Crippen LogP contribution < -0.4 is 0 Å². The quantitative estimate of drug-likeness (QED) is 0.355. The molecule has 0 aliphatic rings. The van der Waals surface area contributed by atoms with Crippen molar-refractivity contribution in [2.75, 3.05) is 0 Å². The Morgan fingerprint density at radius 3 is 2.27 bits per heavy atom. The number of rotatable bonds is 4. The van der Waals surface area contributed by atoms with E-state index in [-0.39, 0.29) is 0 Å². The second kappa shape index (κ2) is 6.21. The van der Waals surface area contributed by atoms with Crippen LogP contribution in [0.4, 0.5) is 0 Å². The van der Waals surface area contributed by atoms with Crippen LogP contribution in [0.5, 0.6) is 0 Å². The van der Waals surface area contributed by atoms with Crippen molar-refractivity contribution >= 4 is 40.7 Å². The normalized spacial score (nSPS) is 14.3. The Kier molecular flexibility index (Phi) is 6.03. The van der Waals surface area contributed by atoms with Crippen LogP contribution in [-0.2, 0) is 4.74 Å². The van der Waals surface area contributed by atoms with Crippen LogP contribution in [0.2, 0.25) is 0 Å². The third-order valence-electron chi connectivity index (χ3n) is 1.57. The van der Waals surface area contributed by atoms with Crippen molar-refractivity contribution in [2.24, 2.45) is 0 Å². The van der Waals surface area contributed by atoms with Crippen molar-refractivity contribution in [1.29, 1.82) is 5.41 Å². The molecule has 0 saturated carbocycles. The lowest BCUT2D eigenvalue weighted by Crippen LogP contribution is -2.26. The zero-order valence-electron chi connectivity index (χ0n) is 8.27. The SMILES string of the molecule is C=C/C=C(\C=C)C(C)OC(=N)C(Cl)(Cl)Cl. The van der Waals surface area contributed by atoms with Crippen LogP contribution in [-0.4, -0.2) is 15.8 Å². The van der Waals surface area contributed by atoms with Gasteiger partial charge in [0.15, 0.2) is 0 Å². The maximum absolute atomic E-state index is 7.37. The highest BCUT2D eigenvalue weighted by Crippen LogP contribution is 2.28. The van der Waals surface area contributed by atoms with Crippen molar-refractivity contribution in [3.05, 3.63) is 37.0 Å². The summed E-state index contributed by atoms with van der Waals surface area (Å²) in [6.07, 6.45) is 4.49. The first-order valence-electron chi connectivity index (χ1n) is 4.10. The summed E-state index contributed by atoms with van der Waals surface area (Å²) in [5.74, 6) is -0.420. The number of alkyl halides is 3. The highest BCUT2D eigenvalue weighted by Gasteiger charge is 2.30. The summed E-state index contributed by atoms with van der Waals surface area (Å²) in [6.45, 7) is 8.88. The smallest absolute Gasteiger partial charge is 0.265 e. The summed E-state index contributed by atoms with van der Waals surface area (Å²) in [4.78, 5) is 0. The lowest BCUT2D eigenvalue weighted by atomic mass is 10.1. The number of allylic oxidation sites excluding steroid dienone is 2. The fraction of sp³-hybridized carbons (Fsp3) is 0.300. The lowest BCUT2D eigenvalue weighted by Gasteiger charge is -2.19. The Morgan fingerprint density at radius 2 is 1.93 bits per heavy atom. The fourth-order valence-corrected chi connectivity index (χ4v) is 0.951. The lowest BCUT2D eigenvalue weighted by molar-refractivity contribution is 0.240. The van der Waals surface area contributed by atoms with Gasteiger partial charge >= 0.3 is 0 Å². The molecule has 0 aromatic heterocycles. The van der Waals surface area contributed by atoms with Gasteiger partial charge < -0.3 is 4.74 Å². The molecule has 0 bridgehead atoms. The van der Waals surface area contributed by atoms with Gasteiger partial charge in [-0.2, -0.15) is 0 Å². The van der Waals surface area contributed by atoms with Crippen LogP contribution >= 0.6 is 34.8 Å². The van der Waals surface area contributed by atoms with Gasteiger partial charge in [-0.25, -0.2) is 0 Å². The average molecular weight is 269 g/mol. The average Bonchev–Trinajstić information content (AvgIpc) is 2.12. The molecule has 0 amide bonds. The predicted octanol–water partition coefficient (Wildman–Crippen LogP) is 4.04. The second-order valence-electron chi connectivity index (χ2n) is 2.69. The summed E-state index contributed by atoms with van der Waals surface area (Å²) in [5.41, 5.74) is 0.754. The molecule has 2 nitrogen and oxygen atoms in total. The zero-order valence-corrected chi connectivity index (χ0v) is 10.5. The summed E-state index contributed by atoms with van der Waals surface area (Å²) in [6, 6.07) is 0. The van der Waals surface area contributed by atoms with Gasteiger partial charge in [0.1, 0.15) is 6.10 Å². The number of hydrogen-bond acceptors (Lipinski definition) is 2. The summed E-state index contributed by atoms with van der Waals surface area (Å²) in [7, 11) is 0. The Morgan fingerprint density at radius 1 is 1.40 bits per heavy atom. The summed E-state index contributed by atoms with van der Waals surface area (Å²) in [5, 5.41) is 7.37. The standard InChI is InChI=1S/C10H12Cl3NO/c1-4-6-8(5-2)7(3)15-9(14)10(11,12)13/h4-7,14H,1-2H2,3H3/b8-6+,14-9?. The van der Waals surface area contributed by atoms with Gasteiger partial charge in [0.25, 0.3) is 3.79 Å². The first-order valence-corrected chi connectivity index (χ1v) is 5.23. The molecule has 0 saturated heterocycles. The molecule has 5 heteroatoms. The van der Waals surface area contributed by atoms with Crippen molar-refractivity contribution in [3.8, 4) is 0 Å². The van der Waals surface area contributed by atoms with Crippen LogP contribution in [0.15, 0.2) is 37.0 Å². The molecule has 0 heterocycles. The maximum atomic E-state index is 7.37. The largest absolute Gasteiger partial charge is 0.470 e. The van der Waals surface area contributed by atoms with E-state index in [9.17, 15) is 0 Å². The monoisotopic (exact) mass is 267 g/mol. The van der Waals surface area contributed by atoms with Crippen molar-refractivity contribution in [3.63, 3.8) is 0 Å². The van der Waals surface area contributed by atoms with E-state index in [1.807, 2.05) is 0 Å². The zero-order chi connectivity index (χ0) is 12.1. The van der Waals surface area contributed by atoms with E-state index in [1.54, 1.807) is 25.2 Å². The molecule has 1 atom stereocenters. The van der Waals surface area contributed by atoms with E-state index < -0.39 is 15.8 Å².